The number of thiophene rings is 1. The Bertz CT molecular complexity index is 666. The lowest BCUT2D eigenvalue weighted by Gasteiger charge is -2.19. The van der Waals surface area contributed by atoms with Crippen LogP contribution in [0.3, 0.4) is 0 Å². The first-order valence-corrected chi connectivity index (χ1v) is 10.9. The lowest BCUT2D eigenvalue weighted by Crippen LogP contribution is -2.20. The number of unbranched alkanes of at least 4 members (excludes halogenated alkanes) is 1. The average Bonchev–Trinajstić information content (AvgIpc) is 3.16. The molecule has 1 aromatic rings. The summed E-state index contributed by atoms with van der Waals surface area (Å²) in [6, 6.07) is 2.09. The standard InChI is InChI=1S/C22H32O5S/c1-15-16(12-13-28-15)8-9-17(23)10-11-19-18(20(24)14-21(19)25)6-4-2-3-5-7-22(26)27/h2,4,10-13,17-21,23-25H,3,5-9,14H2,1H3,(H,26,27)/b4-2-,11-10+/t17?,18-,19-,20?,21?/m1/s1. The van der Waals surface area contributed by atoms with Gasteiger partial charge in [-0.25, -0.2) is 0 Å². The highest BCUT2D eigenvalue weighted by Gasteiger charge is 2.39. The van der Waals surface area contributed by atoms with Crippen molar-refractivity contribution in [2.24, 2.45) is 11.8 Å². The Morgan fingerprint density at radius 1 is 1.32 bits per heavy atom. The van der Waals surface area contributed by atoms with Gasteiger partial charge in [-0.3, -0.25) is 4.79 Å². The van der Waals surface area contributed by atoms with Gasteiger partial charge in [0.25, 0.3) is 0 Å². The van der Waals surface area contributed by atoms with E-state index in [1.54, 1.807) is 17.4 Å². The van der Waals surface area contributed by atoms with Crippen molar-refractivity contribution in [2.75, 3.05) is 0 Å². The number of carbonyl (C=O) groups is 1. The summed E-state index contributed by atoms with van der Waals surface area (Å²) in [4.78, 5) is 11.8. The van der Waals surface area contributed by atoms with Crippen LogP contribution in [0, 0.1) is 18.8 Å². The van der Waals surface area contributed by atoms with Gasteiger partial charge in [0, 0.05) is 23.6 Å². The highest BCUT2D eigenvalue weighted by atomic mass is 32.1. The van der Waals surface area contributed by atoms with Gasteiger partial charge in [0.1, 0.15) is 0 Å². The zero-order valence-corrected chi connectivity index (χ0v) is 17.2. The van der Waals surface area contributed by atoms with Crippen molar-refractivity contribution in [1.29, 1.82) is 0 Å². The van der Waals surface area contributed by atoms with Crippen LogP contribution in [0.25, 0.3) is 0 Å². The highest BCUT2D eigenvalue weighted by molar-refractivity contribution is 7.10. The Morgan fingerprint density at radius 2 is 2.11 bits per heavy atom. The van der Waals surface area contributed by atoms with Crippen LogP contribution >= 0.6 is 11.3 Å². The van der Waals surface area contributed by atoms with E-state index < -0.39 is 24.3 Å². The van der Waals surface area contributed by atoms with Crippen molar-refractivity contribution in [3.05, 3.63) is 46.2 Å². The number of aliphatic carboxylic acids is 1. The summed E-state index contributed by atoms with van der Waals surface area (Å²) in [7, 11) is 0. The zero-order valence-electron chi connectivity index (χ0n) is 16.4. The number of carboxylic acid groups (broad SMARTS) is 1. The summed E-state index contributed by atoms with van der Waals surface area (Å²) in [5.74, 6) is -1.06. The molecule has 5 nitrogen and oxygen atoms in total. The average molecular weight is 409 g/mol. The van der Waals surface area contributed by atoms with Crippen LogP contribution in [-0.4, -0.2) is 44.7 Å². The molecule has 0 spiro atoms. The predicted octanol–water partition coefficient (Wildman–Crippen LogP) is 3.47. The van der Waals surface area contributed by atoms with Gasteiger partial charge in [0.2, 0.25) is 0 Å². The number of aliphatic hydroxyl groups is 3. The maximum Gasteiger partial charge on any atom is 0.303 e. The number of hydrogen-bond acceptors (Lipinski definition) is 5. The van der Waals surface area contributed by atoms with Crippen molar-refractivity contribution in [3.63, 3.8) is 0 Å². The van der Waals surface area contributed by atoms with E-state index >= 15 is 0 Å². The second-order valence-electron chi connectivity index (χ2n) is 7.60. The van der Waals surface area contributed by atoms with Gasteiger partial charge in [0.15, 0.2) is 0 Å². The molecule has 0 radical (unpaired) electrons. The first kappa shape index (κ1) is 22.8. The van der Waals surface area contributed by atoms with Gasteiger partial charge < -0.3 is 20.4 Å². The summed E-state index contributed by atoms with van der Waals surface area (Å²) in [5, 5.41) is 41.5. The molecule has 4 N–H and O–H groups in total. The summed E-state index contributed by atoms with van der Waals surface area (Å²) in [6.45, 7) is 2.08. The maximum absolute atomic E-state index is 10.5. The van der Waals surface area contributed by atoms with Crippen LogP contribution in [0.15, 0.2) is 35.8 Å². The number of allylic oxidation sites excluding steroid dienone is 2. The lowest BCUT2D eigenvalue weighted by atomic mass is 9.89. The molecule has 1 heterocycles. The number of hydrogen-bond donors (Lipinski definition) is 4. The second-order valence-corrected chi connectivity index (χ2v) is 8.72. The predicted molar refractivity (Wildman–Crippen MR) is 111 cm³/mol. The van der Waals surface area contributed by atoms with E-state index in [4.69, 9.17) is 5.11 Å². The van der Waals surface area contributed by atoms with Crippen LogP contribution < -0.4 is 0 Å². The molecule has 156 valence electrons. The second kappa shape index (κ2) is 11.5. The molecule has 0 bridgehead atoms. The van der Waals surface area contributed by atoms with E-state index in [-0.39, 0.29) is 18.3 Å². The molecule has 28 heavy (non-hydrogen) atoms. The third kappa shape index (κ3) is 7.17. The minimum atomic E-state index is -0.791. The Morgan fingerprint density at radius 3 is 2.79 bits per heavy atom. The number of rotatable bonds is 11. The van der Waals surface area contributed by atoms with Crippen LogP contribution in [0.2, 0.25) is 0 Å². The van der Waals surface area contributed by atoms with Crippen molar-refractivity contribution in [2.45, 2.75) is 70.2 Å². The van der Waals surface area contributed by atoms with Gasteiger partial charge in [-0.05, 0) is 62.0 Å². The molecule has 0 aliphatic heterocycles. The van der Waals surface area contributed by atoms with Crippen molar-refractivity contribution >= 4 is 17.3 Å². The molecule has 1 aromatic heterocycles. The molecular formula is C22H32O5S. The third-order valence-corrected chi connectivity index (χ3v) is 6.37. The lowest BCUT2D eigenvalue weighted by molar-refractivity contribution is -0.137. The van der Waals surface area contributed by atoms with E-state index in [2.05, 4.69) is 18.4 Å². The van der Waals surface area contributed by atoms with Gasteiger partial charge in [-0.2, -0.15) is 0 Å². The van der Waals surface area contributed by atoms with Crippen LogP contribution in [0.5, 0.6) is 0 Å². The Kier molecular flexibility index (Phi) is 9.38. The molecule has 3 unspecified atom stereocenters. The first-order valence-electron chi connectivity index (χ1n) is 10.0. The monoisotopic (exact) mass is 408 g/mol. The van der Waals surface area contributed by atoms with E-state index in [9.17, 15) is 20.1 Å². The smallest absolute Gasteiger partial charge is 0.303 e. The third-order valence-electron chi connectivity index (χ3n) is 5.48. The quantitative estimate of drug-likeness (QED) is 0.332. The van der Waals surface area contributed by atoms with Crippen LogP contribution in [0.4, 0.5) is 0 Å². The first-order chi connectivity index (χ1) is 13.4. The summed E-state index contributed by atoms with van der Waals surface area (Å²) < 4.78 is 0. The summed E-state index contributed by atoms with van der Waals surface area (Å²) in [5.41, 5.74) is 1.26. The molecule has 0 saturated heterocycles. The molecule has 0 amide bonds. The summed E-state index contributed by atoms with van der Waals surface area (Å²) >= 11 is 1.71. The highest BCUT2D eigenvalue weighted by Crippen LogP contribution is 2.36. The van der Waals surface area contributed by atoms with Gasteiger partial charge in [-0.1, -0.05) is 24.3 Å². The number of aryl methyl sites for hydroxylation is 2. The fourth-order valence-corrected chi connectivity index (χ4v) is 4.53. The molecular weight excluding hydrogens is 376 g/mol. The van der Waals surface area contributed by atoms with E-state index in [1.807, 2.05) is 18.2 Å². The molecule has 2 rings (SSSR count). The zero-order chi connectivity index (χ0) is 20.5. The Balaban J connectivity index is 1.82. The molecule has 1 aliphatic rings. The van der Waals surface area contributed by atoms with E-state index in [0.717, 1.165) is 6.42 Å². The van der Waals surface area contributed by atoms with Crippen LogP contribution in [0.1, 0.15) is 49.0 Å². The van der Waals surface area contributed by atoms with E-state index in [1.165, 1.54) is 10.4 Å². The van der Waals surface area contributed by atoms with E-state index in [0.29, 0.717) is 32.1 Å². The number of carboxylic acids is 1. The summed E-state index contributed by atoms with van der Waals surface area (Å²) in [6.07, 6.45) is 9.63. The van der Waals surface area contributed by atoms with Crippen molar-refractivity contribution in [1.82, 2.24) is 0 Å². The van der Waals surface area contributed by atoms with Gasteiger partial charge in [0.05, 0.1) is 18.3 Å². The largest absolute Gasteiger partial charge is 0.481 e. The van der Waals surface area contributed by atoms with Gasteiger partial charge >= 0.3 is 5.97 Å². The molecule has 1 saturated carbocycles. The number of aliphatic hydroxyl groups excluding tert-OH is 3. The normalized spacial score (nSPS) is 26.4. The maximum atomic E-state index is 10.5. The SMILES string of the molecule is Cc1sccc1CCC(O)/C=C/[C@H]1C(O)CC(O)[C@@H]1C/C=C\CCCC(=O)O. The molecule has 1 aliphatic carbocycles. The molecule has 1 fully saturated rings. The van der Waals surface area contributed by atoms with Crippen molar-refractivity contribution < 1.29 is 25.2 Å². The fourth-order valence-electron chi connectivity index (χ4n) is 3.78. The van der Waals surface area contributed by atoms with Crippen molar-refractivity contribution in [3.8, 4) is 0 Å². The fraction of sp³-hybridized carbons (Fsp3) is 0.591. The van der Waals surface area contributed by atoms with Gasteiger partial charge in [-0.15, -0.1) is 11.3 Å². The minimum Gasteiger partial charge on any atom is -0.481 e. The topological polar surface area (TPSA) is 98.0 Å². The molecule has 6 heteroatoms. The Hall–Kier alpha value is -1.47. The Labute approximate surface area is 171 Å². The minimum absolute atomic E-state index is 0.0895. The molecule has 5 atom stereocenters. The van der Waals surface area contributed by atoms with Crippen LogP contribution in [-0.2, 0) is 11.2 Å². The molecule has 0 aromatic carbocycles.